The highest BCUT2D eigenvalue weighted by atomic mass is 16.7. The van der Waals surface area contributed by atoms with E-state index in [-0.39, 0.29) is 18.1 Å². The minimum absolute atomic E-state index is 0.0458. The first-order valence-electron chi connectivity index (χ1n) is 11.5. The first kappa shape index (κ1) is 23.5. The summed E-state index contributed by atoms with van der Waals surface area (Å²) in [7, 11) is 0. The quantitative estimate of drug-likeness (QED) is 0.472. The van der Waals surface area contributed by atoms with Crippen molar-refractivity contribution in [3.8, 4) is 23.0 Å². The van der Waals surface area contributed by atoms with Crippen molar-refractivity contribution in [3.05, 3.63) is 82.9 Å². The molecule has 178 valence electrons. The molecule has 0 radical (unpaired) electrons. The molecule has 0 aromatic heterocycles. The third-order valence-corrected chi connectivity index (χ3v) is 5.59. The van der Waals surface area contributed by atoms with E-state index in [1.165, 1.54) is 0 Å². The summed E-state index contributed by atoms with van der Waals surface area (Å²) >= 11 is 0. The van der Waals surface area contributed by atoms with Gasteiger partial charge in [-0.1, -0.05) is 45.0 Å². The summed E-state index contributed by atoms with van der Waals surface area (Å²) in [5.41, 5.74) is 3.39. The lowest BCUT2D eigenvalue weighted by Gasteiger charge is -2.23. The fourth-order valence-electron chi connectivity index (χ4n) is 3.83. The lowest BCUT2D eigenvalue weighted by atomic mass is 9.86. The van der Waals surface area contributed by atoms with Gasteiger partial charge in [0.25, 0.3) is 5.91 Å². The van der Waals surface area contributed by atoms with E-state index in [1.807, 2.05) is 55.5 Å². The Kier molecular flexibility index (Phi) is 6.96. The van der Waals surface area contributed by atoms with Gasteiger partial charge in [0.15, 0.2) is 11.5 Å². The molecule has 0 saturated carbocycles. The van der Waals surface area contributed by atoms with Crippen LogP contribution in [0.15, 0.2) is 60.7 Å². The highest BCUT2D eigenvalue weighted by Crippen LogP contribution is 2.33. The second kappa shape index (κ2) is 10.1. The van der Waals surface area contributed by atoms with Crippen molar-refractivity contribution >= 4 is 5.91 Å². The van der Waals surface area contributed by atoms with Crippen LogP contribution in [0.1, 0.15) is 54.7 Å². The standard InChI is InChI=1S/C28H31NO5/c1-5-31-23-13-11-20(27(30)29-16-19-10-12-25-26(14-19)34-18-33-25)15-21(23)17-32-24-9-7-6-8-22(24)28(2,3)4/h6-15H,5,16-18H2,1-4H3,(H,29,30). The van der Waals surface area contributed by atoms with Gasteiger partial charge < -0.3 is 24.3 Å². The maximum absolute atomic E-state index is 12.9. The molecule has 34 heavy (non-hydrogen) atoms. The van der Waals surface area contributed by atoms with Gasteiger partial charge >= 0.3 is 0 Å². The lowest BCUT2D eigenvalue weighted by Crippen LogP contribution is -2.23. The molecule has 1 heterocycles. The second-order valence-electron chi connectivity index (χ2n) is 9.16. The number of ether oxygens (including phenoxy) is 4. The van der Waals surface area contributed by atoms with Gasteiger partial charge in [0.1, 0.15) is 18.1 Å². The van der Waals surface area contributed by atoms with Crippen LogP contribution in [0.2, 0.25) is 0 Å². The van der Waals surface area contributed by atoms with E-state index >= 15 is 0 Å². The first-order valence-corrected chi connectivity index (χ1v) is 11.5. The average molecular weight is 462 g/mol. The van der Waals surface area contributed by atoms with E-state index in [0.717, 1.165) is 28.2 Å². The van der Waals surface area contributed by atoms with E-state index in [4.69, 9.17) is 18.9 Å². The Hall–Kier alpha value is -3.67. The molecule has 3 aromatic rings. The number of hydrogen-bond acceptors (Lipinski definition) is 5. The minimum Gasteiger partial charge on any atom is -0.493 e. The van der Waals surface area contributed by atoms with Gasteiger partial charge in [-0.3, -0.25) is 4.79 Å². The van der Waals surface area contributed by atoms with Gasteiger partial charge in [-0.05, 0) is 59.9 Å². The van der Waals surface area contributed by atoms with Crippen LogP contribution in [0.25, 0.3) is 0 Å². The Morgan fingerprint density at radius 2 is 1.74 bits per heavy atom. The second-order valence-corrected chi connectivity index (χ2v) is 9.16. The predicted molar refractivity (Wildman–Crippen MR) is 131 cm³/mol. The zero-order valence-electron chi connectivity index (χ0n) is 20.1. The summed E-state index contributed by atoms with van der Waals surface area (Å²) in [6.45, 7) is 9.85. The average Bonchev–Trinajstić information content (AvgIpc) is 3.29. The number of hydrogen-bond donors (Lipinski definition) is 1. The molecular weight excluding hydrogens is 430 g/mol. The number of carbonyl (C=O) groups excluding carboxylic acids is 1. The fourth-order valence-corrected chi connectivity index (χ4v) is 3.83. The molecule has 1 aliphatic rings. The molecule has 0 unspecified atom stereocenters. The third kappa shape index (κ3) is 5.45. The maximum Gasteiger partial charge on any atom is 0.251 e. The fraction of sp³-hybridized carbons (Fsp3) is 0.321. The summed E-state index contributed by atoms with van der Waals surface area (Å²) in [5.74, 6) is 2.79. The van der Waals surface area contributed by atoms with Crippen molar-refractivity contribution in [2.24, 2.45) is 0 Å². The van der Waals surface area contributed by atoms with Crippen LogP contribution in [0.3, 0.4) is 0 Å². The maximum atomic E-state index is 12.9. The van der Waals surface area contributed by atoms with Crippen molar-refractivity contribution in [1.29, 1.82) is 0 Å². The summed E-state index contributed by atoms with van der Waals surface area (Å²) in [4.78, 5) is 12.9. The zero-order valence-corrected chi connectivity index (χ0v) is 20.1. The number of nitrogens with one attached hydrogen (secondary N) is 1. The molecule has 0 spiro atoms. The Morgan fingerprint density at radius 3 is 2.53 bits per heavy atom. The highest BCUT2D eigenvalue weighted by Gasteiger charge is 2.19. The summed E-state index contributed by atoms with van der Waals surface area (Å²) in [6.07, 6.45) is 0. The molecule has 1 N–H and O–H groups in total. The van der Waals surface area contributed by atoms with Gasteiger partial charge in [0.05, 0.1) is 6.61 Å². The van der Waals surface area contributed by atoms with Crippen LogP contribution >= 0.6 is 0 Å². The van der Waals surface area contributed by atoms with Crippen molar-refractivity contribution in [2.45, 2.75) is 46.3 Å². The molecule has 6 nitrogen and oxygen atoms in total. The number of carbonyl (C=O) groups is 1. The lowest BCUT2D eigenvalue weighted by molar-refractivity contribution is 0.0950. The molecular formula is C28H31NO5. The van der Waals surface area contributed by atoms with Crippen LogP contribution in [0.4, 0.5) is 0 Å². The smallest absolute Gasteiger partial charge is 0.251 e. The predicted octanol–water partition coefficient (Wildman–Crippen LogP) is 5.62. The van der Waals surface area contributed by atoms with E-state index < -0.39 is 0 Å². The van der Waals surface area contributed by atoms with Crippen molar-refractivity contribution in [3.63, 3.8) is 0 Å². The van der Waals surface area contributed by atoms with E-state index in [9.17, 15) is 4.79 Å². The van der Waals surface area contributed by atoms with Crippen LogP contribution in [-0.4, -0.2) is 19.3 Å². The number of benzene rings is 3. The van der Waals surface area contributed by atoms with Crippen molar-refractivity contribution in [2.75, 3.05) is 13.4 Å². The SMILES string of the molecule is CCOc1ccc(C(=O)NCc2ccc3c(c2)OCO3)cc1COc1ccccc1C(C)(C)C. The molecule has 0 aliphatic carbocycles. The molecule has 1 amide bonds. The molecule has 0 saturated heterocycles. The van der Waals surface area contributed by atoms with Gasteiger partial charge in [-0.15, -0.1) is 0 Å². The van der Waals surface area contributed by atoms with Gasteiger partial charge in [-0.2, -0.15) is 0 Å². The van der Waals surface area contributed by atoms with Gasteiger partial charge in [-0.25, -0.2) is 0 Å². The van der Waals surface area contributed by atoms with Gasteiger partial charge in [0, 0.05) is 17.7 Å². The van der Waals surface area contributed by atoms with Crippen LogP contribution < -0.4 is 24.3 Å². The Labute approximate surface area is 200 Å². The van der Waals surface area contributed by atoms with E-state index in [2.05, 4.69) is 32.2 Å². The molecule has 6 heteroatoms. The largest absolute Gasteiger partial charge is 0.493 e. The van der Waals surface area contributed by atoms with E-state index in [0.29, 0.717) is 36.8 Å². The number of rotatable bonds is 8. The number of para-hydroxylation sites is 1. The number of fused-ring (bicyclic) bond motifs is 1. The molecule has 0 fully saturated rings. The highest BCUT2D eigenvalue weighted by molar-refractivity contribution is 5.94. The minimum atomic E-state index is -0.169. The molecule has 4 rings (SSSR count). The Morgan fingerprint density at radius 1 is 0.941 bits per heavy atom. The Balaban J connectivity index is 1.48. The van der Waals surface area contributed by atoms with Crippen molar-refractivity contribution < 1.29 is 23.7 Å². The molecule has 3 aromatic carbocycles. The molecule has 0 atom stereocenters. The van der Waals surface area contributed by atoms with Gasteiger partial charge in [0.2, 0.25) is 6.79 Å². The Bertz CT molecular complexity index is 1170. The van der Waals surface area contributed by atoms with Crippen LogP contribution in [0.5, 0.6) is 23.0 Å². The van der Waals surface area contributed by atoms with Crippen molar-refractivity contribution in [1.82, 2.24) is 5.32 Å². The summed E-state index contributed by atoms with van der Waals surface area (Å²) < 4.78 is 22.8. The first-order chi connectivity index (χ1) is 16.3. The number of amides is 1. The third-order valence-electron chi connectivity index (χ3n) is 5.59. The molecule has 1 aliphatic heterocycles. The summed E-state index contributed by atoms with van der Waals surface area (Å²) in [6, 6.07) is 19.1. The monoisotopic (exact) mass is 461 g/mol. The molecule has 0 bridgehead atoms. The van der Waals surface area contributed by atoms with E-state index in [1.54, 1.807) is 6.07 Å². The topological polar surface area (TPSA) is 66.0 Å². The normalized spacial score (nSPS) is 12.4. The van der Waals surface area contributed by atoms with Crippen LogP contribution in [-0.2, 0) is 18.6 Å². The zero-order chi connectivity index (χ0) is 24.1. The summed E-state index contributed by atoms with van der Waals surface area (Å²) in [5, 5.41) is 2.97. The van der Waals surface area contributed by atoms with Crippen LogP contribution in [0, 0.1) is 0 Å².